The second-order valence-electron chi connectivity index (χ2n) is 6.13. The average molecular weight is 317 g/mol. The van der Waals surface area contributed by atoms with Crippen molar-refractivity contribution in [1.82, 2.24) is 5.32 Å². The SMILES string of the molecule is C/C=C/c1ccc(OCC(=O)N[C@H]2CCCC[C@H]2C)c(OC)c1. The van der Waals surface area contributed by atoms with Gasteiger partial charge in [-0.25, -0.2) is 0 Å². The standard InChI is InChI=1S/C19H27NO3/c1-4-7-15-10-11-17(18(12-15)22-3)23-13-19(21)20-16-9-6-5-8-14(16)2/h4,7,10-12,14,16H,5-6,8-9,13H2,1-3H3,(H,20,21)/b7-4+/t14-,16+/m1/s1. The largest absolute Gasteiger partial charge is 0.493 e. The van der Waals surface area contributed by atoms with E-state index in [1.807, 2.05) is 37.3 Å². The van der Waals surface area contributed by atoms with Gasteiger partial charge in [0.1, 0.15) is 0 Å². The van der Waals surface area contributed by atoms with E-state index < -0.39 is 0 Å². The quantitative estimate of drug-likeness (QED) is 0.868. The maximum absolute atomic E-state index is 12.1. The number of hydrogen-bond donors (Lipinski definition) is 1. The first kappa shape index (κ1) is 17.4. The van der Waals surface area contributed by atoms with Crippen LogP contribution in [0, 0.1) is 5.92 Å². The summed E-state index contributed by atoms with van der Waals surface area (Å²) in [6.45, 7) is 4.18. The molecule has 0 aromatic heterocycles. The molecule has 2 atom stereocenters. The van der Waals surface area contributed by atoms with Crippen molar-refractivity contribution in [1.29, 1.82) is 0 Å². The van der Waals surface area contributed by atoms with Crippen LogP contribution in [0.5, 0.6) is 11.5 Å². The summed E-state index contributed by atoms with van der Waals surface area (Å²) < 4.78 is 11.0. The van der Waals surface area contributed by atoms with Gasteiger partial charge in [0.15, 0.2) is 18.1 Å². The Morgan fingerprint density at radius 3 is 2.78 bits per heavy atom. The van der Waals surface area contributed by atoms with Crippen molar-refractivity contribution >= 4 is 12.0 Å². The molecule has 1 aliphatic rings. The molecule has 0 saturated heterocycles. The van der Waals surface area contributed by atoms with Crippen LogP contribution >= 0.6 is 0 Å². The molecule has 1 aromatic rings. The number of ether oxygens (including phenoxy) is 2. The fourth-order valence-electron chi connectivity index (χ4n) is 3.02. The normalized spacial score (nSPS) is 21.2. The van der Waals surface area contributed by atoms with Crippen molar-refractivity contribution in [2.24, 2.45) is 5.92 Å². The van der Waals surface area contributed by atoms with Crippen LogP contribution in [-0.4, -0.2) is 25.7 Å². The van der Waals surface area contributed by atoms with E-state index in [4.69, 9.17) is 9.47 Å². The Morgan fingerprint density at radius 1 is 1.30 bits per heavy atom. The van der Waals surface area contributed by atoms with E-state index >= 15 is 0 Å². The number of nitrogens with one attached hydrogen (secondary N) is 1. The van der Waals surface area contributed by atoms with Crippen molar-refractivity contribution in [2.75, 3.05) is 13.7 Å². The maximum atomic E-state index is 12.1. The van der Waals surface area contributed by atoms with E-state index in [1.165, 1.54) is 19.3 Å². The summed E-state index contributed by atoms with van der Waals surface area (Å²) in [6, 6.07) is 5.96. The number of hydrogen-bond acceptors (Lipinski definition) is 3. The monoisotopic (exact) mass is 317 g/mol. The molecule has 0 spiro atoms. The molecular weight excluding hydrogens is 290 g/mol. The maximum Gasteiger partial charge on any atom is 0.258 e. The van der Waals surface area contributed by atoms with Crippen LogP contribution in [0.15, 0.2) is 24.3 Å². The van der Waals surface area contributed by atoms with E-state index in [1.54, 1.807) is 7.11 Å². The lowest BCUT2D eigenvalue weighted by Crippen LogP contribution is -2.43. The topological polar surface area (TPSA) is 47.6 Å². The number of carbonyl (C=O) groups is 1. The number of carbonyl (C=O) groups excluding carboxylic acids is 1. The van der Waals surface area contributed by atoms with Gasteiger partial charge >= 0.3 is 0 Å². The van der Waals surface area contributed by atoms with Crippen LogP contribution in [0.1, 0.15) is 45.1 Å². The fourth-order valence-corrected chi connectivity index (χ4v) is 3.02. The summed E-state index contributed by atoms with van der Waals surface area (Å²) in [4.78, 5) is 12.1. The lowest BCUT2D eigenvalue weighted by Gasteiger charge is -2.29. The molecule has 4 heteroatoms. The van der Waals surface area contributed by atoms with Gasteiger partial charge in [-0.15, -0.1) is 0 Å². The van der Waals surface area contributed by atoms with Gasteiger partial charge < -0.3 is 14.8 Å². The van der Waals surface area contributed by atoms with E-state index in [0.717, 1.165) is 12.0 Å². The number of benzene rings is 1. The Kier molecular flexibility index (Phi) is 6.51. The van der Waals surface area contributed by atoms with Crippen LogP contribution < -0.4 is 14.8 Å². The Bertz CT molecular complexity index is 554. The van der Waals surface area contributed by atoms with Crippen molar-refractivity contribution < 1.29 is 14.3 Å². The summed E-state index contributed by atoms with van der Waals surface area (Å²) in [6.07, 6.45) is 8.66. The van der Waals surface area contributed by atoms with Crippen LogP contribution in [-0.2, 0) is 4.79 Å². The number of methoxy groups -OCH3 is 1. The molecule has 0 unspecified atom stereocenters. The van der Waals surface area contributed by atoms with E-state index in [9.17, 15) is 4.79 Å². The summed E-state index contributed by atoms with van der Waals surface area (Å²) in [5, 5.41) is 3.09. The second-order valence-corrected chi connectivity index (χ2v) is 6.13. The first-order valence-corrected chi connectivity index (χ1v) is 8.37. The van der Waals surface area contributed by atoms with Crippen LogP contribution in [0.4, 0.5) is 0 Å². The van der Waals surface area contributed by atoms with Gasteiger partial charge in [0.2, 0.25) is 0 Å². The highest BCUT2D eigenvalue weighted by molar-refractivity contribution is 5.78. The molecule has 0 heterocycles. The molecule has 23 heavy (non-hydrogen) atoms. The molecule has 0 aliphatic heterocycles. The molecule has 2 rings (SSSR count). The third-order valence-corrected chi connectivity index (χ3v) is 4.36. The van der Waals surface area contributed by atoms with E-state index in [-0.39, 0.29) is 18.6 Å². The second kappa shape index (κ2) is 8.61. The third-order valence-electron chi connectivity index (χ3n) is 4.36. The minimum Gasteiger partial charge on any atom is -0.493 e. The van der Waals surface area contributed by atoms with E-state index in [0.29, 0.717) is 17.4 Å². The predicted molar refractivity (Wildman–Crippen MR) is 92.8 cm³/mol. The zero-order chi connectivity index (χ0) is 16.7. The summed E-state index contributed by atoms with van der Waals surface area (Å²) in [5.41, 5.74) is 1.04. The Hall–Kier alpha value is -1.97. The molecule has 1 amide bonds. The fraction of sp³-hybridized carbons (Fsp3) is 0.526. The summed E-state index contributed by atoms with van der Waals surface area (Å²) in [5.74, 6) is 1.71. The number of amides is 1. The molecule has 1 fully saturated rings. The highest BCUT2D eigenvalue weighted by Gasteiger charge is 2.22. The van der Waals surface area contributed by atoms with Crippen molar-refractivity contribution in [3.05, 3.63) is 29.8 Å². The van der Waals surface area contributed by atoms with Gasteiger partial charge in [-0.3, -0.25) is 4.79 Å². The molecule has 1 N–H and O–H groups in total. The molecule has 1 saturated carbocycles. The van der Waals surface area contributed by atoms with Gasteiger partial charge in [0.05, 0.1) is 7.11 Å². The first-order valence-electron chi connectivity index (χ1n) is 8.37. The molecule has 1 aliphatic carbocycles. The van der Waals surface area contributed by atoms with Gasteiger partial charge in [0.25, 0.3) is 5.91 Å². The highest BCUT2D eigenvalue weighted by atomic mass is 16.5. The number of rotatable bonds is 6. The zero-order valence-corrected chi connectivity index (χ0v) is 14.3. The molecule has 1 aromatic carbocycles. The van der Waals surface area contributed by atoms with Gasteiger partial charge in [0, 0.05) is 6.04 Å². The van der Waals surface area contributed by atoms with E-state index in [2.05, 4.69) is 12.2 Å². The van der Waals surface area contributed by atoms with Gasteiger partial charge in [-0.1, -0.05) is 38.0 Å². The van der Waals surface area contributed by atoms with Crippen molar-refractivity contribution in [3.8, 4) is 11.5 Å². The Labute approximate surface area is 138 Å². The van der Waals surface area contributed by atoms with Gasteiger partial charge in [-0.2, -0.15) is 0 Å². The Balaban J connectivity index is 1.90. The lowest BCUT2D eigenvalue weighted by molar-refractivity contribution is -0.124. The van der Waals surface area contributed by atoms with Crippen LogP contribution in [0.2, 0.25) is 0 Å². The number of allylic oxidation sites excluding steroid dienone is 1. The Morgan fingerprint density at radius 2 is 2.09 bits per heavy atom. The lowest BCUT2D eigenvalue weighted by atomic mass is 9.86. The average Bonchev–Trinajstić information content (AvgIpc) is 2.56. The molecule has 4 nitrogen and oxygen atoms in total. The molecule has 126 valence electrons. The predicted octanol–water partition coefficient (Wildman–Crippen LogP) is 3.80. The molecule has 0 radical (unpaired) electrons. The summed E-state index contributed by atoms with van der Waals surface area (Å²) in [7, 11) is 1.60. The smallest absolute Gasteiger partial charge is 0.258 e. The first-order chi connectivity index (χ1) is 11.1. The molecule has 0 bridgehead atoms. The zero-order valence-electron chi connectivity index (χ0n) is 14.3. The van der Waals surface area contributed by atoms with Crippen LogP contribution in [0.3, 0.4) is 0 Å². The minimum atomic E-state index is -0.0664. The minimum absolute atomic E-state index is 0.0164. The van der Waals surface area contributed by atoms with Crippen molar-refractivity contribution in [3.63, 3.8) is 0 Å². The van der Waals surface area contributed by atoms with Gasteiger partial charge in [-0.05, 0) is 43.4 Å². The molecular formula is C19H27NO3. The highest BCUT2D eigenvalue weighted by Crippen LogP contribution is 2.28. The third kappa shape index (κ3) is 5.02. The van der Waals surface area contributed by atoms with Crippen molar-refractivity contribution in [2.45, 2.75) is 45.6 Å². The summed E-state index contributed by atoms with van der Waals surface area (Å²) >= 11 is 0. The van der Waals surface area contributed by atoms with Crippen LogP contribution in [0.25, 0.3) is 6.08 Å².